The highest BCUT2D eigenvalue weighted by atomic mass is 32.2. The number of amides is 1. The van der Waals surface area contributed by atoms with Gasteiger partial charge in [-0.1, -0.05) is 12.1 Å². The van der Waals surface area contributed by atoms with Crippen LogP contribution in [0.2, 0.25) is 0 Å². The van der Waals surface area contributed by atoms with Gasteiger partial charge in [-0.25, -0.2) is 0 Å². The van der Waals surface area contributed by atoms with Crippen molar-refractivity contribution < 1.29 is 4.79 Å². The second-order valence-electron chi connectivity index (χ2n) is 3.34. The van der Waals surface area contributed by atoms with E-state index in [0.717, 1.165) is 4.90 Å². The average Bonchev–Trinajstić information content (AvgIpc) is 2.25. The zero-order valence-electron chi connectivity index (χ0n) is 8.99. The average molecular weight is 224 g/mol. The van der Waals surface area contributed by atoms with E-state index in [4.69, 9.17) is 5.73 Å². The fraction of sp³-hybridized carbons (Fsp3) is 0.364. The van der Waals surface area contributed by atoms with E-state index in [1.54, 1.807) is 0 Å². The summed E-state index contributed by atoms with van der Waals surface area (Å²) in [6.07, 6.45) is 0. The number of nitrogens with one attached hydrogen (secondary N) is 1. The largest absolute Gasteiger partial charge is 0.369 e. The molecular weight excluding hydrogens is 208 g/mol. The zero-order chi connectivity index (χ0) is 11.3. The van der Waals surface area contributed by atoms with Gasteiger partial charge in [0, 0.05) is 10.9 Å². The summed E-state index contributed by atoms with van der Waals surface area (Å²) in [5, 5.41) is 3.17. The van der Waals surface area contributed by atoms with Gasteiger partial charge in [-0.2, -0.15) is 0 Å². The fourth-order valence-corrected chi connectivity index (χ4v) is 1.90. The summed E-state index contributed by atoms with van der Waals surface area (Å²) in [5.41, 5.74) is 6.31. The van der Waals surface area contributed by atoms with Crippen LogP contribution >= 0.6 is 11.8 Å². The maximum absolute atomic E-state index is 10.6. The molecule has 1 aromatic rings. The quantitative estimate of drug-likeness (QED) is 0.746. The number of nitrogens with two attached hydrogens (primary N) is 1. The number of carbonyl (C=O) groups is 1. The maximum atomic E-state index is 10.6. The molecule has 0 aliphatic heterocycles. The summed E-state index contributed by atoms with van der Waals surface area (Å²) >= 11 is 1.47. The molecule has 3 nitrogen and oxygen atoms in total. The molecule has 1 aromatic carbocycles. The Morgan fingerprint density at radius 1 is 1.60 bits per heavy atom. The predicted molar refractivity (Wildman–Crippen MR) is 63.8 cm³/mol. The van der Waals surface area contributed by atoms with Crippen molar-refractivity contribution in [2.45, 2.75) is 17.9 Å². The van der Waals surface area contributed by atoms with Crippen LogP contribution in [0.1, 0.15) is 18.5 Å². The third kappa shape index (κ3) is 3.93. The van der Waals surface area contributed by atoms with Crippen LogP contribution in [0, 0.1) is 0 Å². The third-order valence-electron chi connectivity index (χ3n) is 2.17. The first kappa shape index (κ1) is 12.1. The standard InChI is InChI=1S/C11H16N2OS/c1-8(13-2)9-4-3-5-10(6-9)15-7-11(12)14/h3-6,8,13H,7H2,1-2H3,(H2,12,14). The first-order chi connectivity index (χ1) is 7.13. The number of hydrogen-bond acceptors (Lipinski definition) is 3. The Balaban J connectivity index is 2.69. The van der Waals surface area contributed by atoms with E-state index in [-0.39, 0.29) is 5.91 Å². The molecule has 0 radical (unpaired) electrons. The minimum atomic E-state index is -0.285. The van der Waals surface area contributed by atoms with E-state index < -0.39 is 0 Å². The second-order valence-corrected chi connectivity index (χ2v) is 4.39. The molecule has 0 aliphatic rings. The van der Waals surface area contributed by atoms with Gasteiger partial charge < -0.3 is 11.1 Å². The van der Waals surface area contributed by atoms with Crippen LogP contribution in [0.3, 0.4) is 0 Å². The minimum Gasteiger partial charge on any atom is -0.369 e. The van der Waals surface area contributed by atoms with Crippen LogP contribution in [0.4, 0.5) is 0 Å². The normalized spacial score (nSPS) is 12.4. The van der Waals surface area contributed by atoms with Crippen molar-refractivity contribution in [3.05, 3.63) is 29.8 Å². The highest BCUT2D eigenvalue weighted by Crippen LogP contribution is 2.21. The van der Waals surface area contributed by atoms with Crippen LogP contribution in [0.15, 0.2) is 29.2 Å². The molecular formula is C11H16N2OS. The molecule has 1 unspecified atom stereocenters. The summed E-state index contributed by atoms with van der Waals surface area (Å²) < 4.78 is 0. The molecule has 1 rings (SSSR count). The first-order valence-electron chi connectivity index (χ1n) is 4.82. The van der Waals surface area contributed by atoms with Crippen LogP contribution in [0.25, 0.3) is 0 Å². The van der Waals surface area contributed by atoms with Crippen molar-refractivity contribution in [3.63, 3.8) is 0 Å². The van der Waals surface area contributed by atoms with Crippen LogP contribution in [0.5, 0.6) is 0 Å². The van der Waals surface area contributed by atoms with E-state index >= 15 is 0 Å². The molecule has 3 N–H and O–H groups in total. The Kier molecular flexibility index (Phi) is 4.65. The minimum absolute atomic E-state index is 0.285. The molecule has 0 bridgehead atoms. The summed E-state index contributed by atoms with van der Waals surface area (Å²) in [4.78, 5) is 11.7. The van der Waals surface area contributed by atoms with Gasteiger partial charge >= 0.3 is 0 Å². The van der Waals surface area contributed by atoms with Crippen LogP contribution in [-0.4, -0.2) is 18.7 Å². The summed E-state index contributed by atoms with van der Waals surface area (Å²) in [6.45, 7) is 2.10. The van der Waals surface area contributed by atoms with E-state index in [9.17, 15) is 4.79 Å². The molecule has 1 amide bonds. The molecule has 0 aliphatic carbocycles. The molecule has 4 heteroatoms. The smallest absolute Gasteiger partial charge is 0.227 e. The summed E-state index contributed by atoms with van der Waals surface area (Å²) in [6, 6.07) is 8.44. The molecule has 0 fully saturated rings. The summed E-state index contributed by atoms with van der Waals surface area (Å²) in [5.74, 6) is 0.0456. The van der Waals surface area contributed by atoms with Gasteiger partial charge in [-0.05, 0) is 31.7 Å². The van der Waals surface area contributed by atoms with Crippen molar-refractivity contribution in [2.24, 2.45) is 5.73 Å². The molecule has 0 saturated carbocycles. The highest BCUT2D eigenvalue weighted by Gasteiger charge is 2.04. The topological polar surface area (TPSA) is 55.1 Å². The Hall–Kier alpha value is -1.00. The maximum Gasteiger partial charge on any atom is 0.227 e. The Morgan fingerprint density at radius 3 is 2.93 bits per heavy atom. The number of hydrogen-bond donors (Lipinski definition) is 2. The number of benzene rings is 1. The van der Waals surface area contributed by atoms with Gasteiger partial charge in [0.15, 0.2) is 0 Å². The van der Waals surface area contributed by atoms with Gasteiger partial charge in [0.25, 0.3) is 0 Å². The molecule has 15 heavy (non-hydrogen) atoms. The second kappa shape index (κ2) is 5.78. The van der Waals surface area contributed by atoms with Crippen molar-refractivity contribution in [1.82, 2.24) is 5.32 Å². The van der Waals surface area contributed by atoms with Gasteiger partial charge in [-0.3, -0.25) is 4.79 Å². The first-order valence-corrected chi connectivity index (χ1v) is 5.80. The molecule has 0 heterocycles. The van der Waals surface area contributed by atoms with Crippen molar-refractivity contribution >= 4 is 17.7 Å². The predicted octanol–water partition coefficient (Wildman–Crippen LogP) is 1.54. The molecule has 0 aromatic heterocycles. The van der Waals surface area contributed by atoms with Crippen LogP contribution in [-0.2, 0) is 4.79 Å². The zero-order valence-corrected chi connectivity index (χ0v) is 9.80. The van der Waals surface area contributed by atoms with E-state index in [0.29, 0.717) is 11.8 Å². The molecule has 0 spiro atoms. The lowest BCUT2D eigenvalue weighted by molar-refractivity contribution is -0.115. The SMILES string of the molecule is CNC(C)c1cccc(SCC(N)=O)c1. The van der Waals surface area contributed by atoms with Crippen molar-refractivity contribution in [2.75, 3.05) is 12.8 Å². The summed E-state index contributed by atoms with van der Waals surface area (Å²) in [7, 11) is 1.92. The van der Waals surface area contributed by atoms with Gasteiger partial charge in [0.1, 0.15) is 0 Å². The number of primary amides is 1. The fourth-order valence-electron chi connectivity index (χ4n) is 1.19. The lowest BCUT2D eigenvalue weighted by atomic mass is 10.1. The van der Waals surface area contributed by atoms with Gasteiger partial charge in [0.2, 0.25) is 5.91 Å². The number of carbonyl (C=O) groups excluding carboxylic acids is 1. The van der Waals surface area contributed by atoms with Crippen molar-refractivity contribution in [3.8, 4) is 0 Å². The number of rotatable bonds is 5. The lowest BCUT2D eigenvalue weighted by Crippen LogP contribution is -2.13. The van der Waals surface area contributed by atoms with Crippen LogP contribution < -0.4 is 11.1 Å². The van der Waals surface area contributed by atoms with Gasteiger partial charge in [-0.15, -0.1) is 11.8 Å². The Labute approximate surface area is 94.4 Å². The van der Waals surface area contributed by atoms with Gasteiger partial charge in [0.05, 0.1) is 5.75 Å². The third-order valence-corrected chi connectivity index (χ3v) is 3.19. The van der Waals surface area contributed by atoms with Crippen molar-refractivity contribution in [1.29, 1.82) is 0 Å². The van der Waals surface area contributed by atoms with E-state index in [1.165, 1.54) is 17.3 Å². The Morgan fingerprint density at radius 2 is 2.33 bits per heavy atom. The van der Waals surface area contributed by atoms with E-state index in [1.807, 2.05) is 19.2 Å². The lowest BCUT2D eigenvalue weighted by Gasteiger charge is -2.11. The van der Waals surface area contributed by atoms with E-state index in [2.05, 4.69) is 24.4 Å². The Bertz CT molecular complexity index is 341. The molecule has 1 atom stereocenters. The monoisotopic (exact) mass is 224 g/mol. The number of thioether (sulfide) groups is 1. The highest BCUT2D eigenvalue weighted by molar-refractivity contribution is 8.00. The molecule has 0 saturated heterocycles. The molecule has 82 valence electrons.